The van der Waals surface area contributed by atoms with Crippen molar-refractivity contribution < 1.29 is 116 Å². The molecule has 74 valence electrons. The van der Waals surface area contributed by atoms with Gasteiger partial charge < -0.3 is 25.2 Å². The molecule has 0 heterocycles. The molecule has 0 amide bonds. The summed E-state index contributed by atoms with van der Waals surface area (Å²) in [4.78, 5) is 13.9. The largest absolute Gasteiger partial charge is 1.00 e. The normalized spacial score (nSPS) is 10.4. The Morgan fingerprint density at radius 2 is 1.93 bits per heavy atom. The fourth-order valence-corrected chi connectivity index (χ4v) is 0.643. The number of aliphatic carboxylic acids is 1. The first kappa shape index (κ1) is 21.3. The van der Waals surface area contributed by atoms with Gasteiger partial charge in [0.15, 0.2) is 5.96 Å². The minimum Gasteiger partial charge on any atom is -1.00 e. The number of carbonyl (C=O) groups is 1. The average Bonchev–Trinajstić information content (AvgIpc) is 1.97. The zero-order chi connectivity index (χ0) is 9.56. The van der Waals surface area contributed by atoms with E-state index in [2.05, 4.69) is 4.99 Å². The third kappa shape index (κ3) is 14.0. The molecule has 0 saturated carbocycles. The van der Waals surface area contributed by atoms with Crippen LogP contribution in [0.2, 0.25) is 0 Å². The van der Waals surface area contributed by atoms with Crippen molar-refractivity contribution in [3.63, 3.8) is 0 Å². The Kier molecular flexibility index (Phi) is 19.8. The van der Waals surface area contributed by atoms with Crippen LogP contribution in [0.15, 0.2) is 4.99 Å². The Morgan fingerprint density at radius 1 is 1.43 bits per heavy atom. The zero-order valence-corrected chi connectivity index (χ0v) is 15.0. The summed E-state index contributed by atoms with van der Waals surface area (Å²) < 4.78 is 0. The molecule has 0 aliphatic carbocycles. The van der Waals surface area contributed by atoms with Crippen molar-refractivity contribution >= 4 is 11.9 Å². The number of aliphatic imine (C=N–C) groups is 1. The summed E-state index contributed by atoms with van der Waals surface area (Å²) in [6.07, 6.45) is 0.956. The summed E-state index contributed by atoms with van der Waals surface area (Å²) in [7, 11) is 0. The number of nitrogens with zero attached hydrogens (tertiary/aromatic N) is 1. The number of hydrogen-bond donors (Lipinski definition) is 4. The van der Waals surface area contributed by atoms with Gasteiger partial charge in [-0.25, -0.2) is 0 Å². The van der Waals surface area contributed by atoms with Crippen LogP contribution in [-0.4, -0.2) is 29.6 Å². The minimum atomic E-state index is -1.00. The molecule has 0 unspecified atom stereocenters. The molecule has 0 saturated heterocycles. The van der Waals surface area contributed by atoms with Gasteiger partial charge in [-0.15, -0.1) is 0 Å². The number of hydrogen-bond acceptors (Lipinski definition) is 3. The van der Waals surface area contributed by atoms with Crippen molar-refractivity contribution in [1.82, 2.24) is 0 Å². The summed E-state index contributed by atoms with van der Waals surface area (Å²) in [5.41, 5.74) is 15.3. The van der Waals surface area contributed by atoms with Crippen LogP contribution in [0.5, 0.6) is 0 Å². The Labute approximate surface area is 171 Å². The first-order valence-corrected chi connectivity index (χ1v) is 3.58. The molecule has 0 radical (unpaired) electrons. The van der Waals surface area contributed by atoms with E-state index in [4.69, 9.17) is 22.3 Å². The van der Waals surface area contributed by atoms with E-state index in [1.165, 1.54) is 0 Å². The van der Waals surface area contributed by atoms with Gasteiger partial charge in [0.2, 0.25) is 0 Å². The fraction of sp³-hybridized carbons (Fsp3) is 0.667. The zero-order valence-electron chi connectivity index (χ0n) is 10.7. The molecule has 0 aliphatic rings. The molecule has 0 aliphatic heterocycles. The molecule has 0 aromatic heterocycles. The number of carboxylic acid groups (broad SMARTS) is 1. The van der Waals surface area contributed by atoms with Gasteiger partial charge in [0.05, 0.1) is 0 Å². The van der Waals surface area contributed by atoms with E-state index in [0.717, 1.165) is 0 Å². The maximum atomic E-state index is 10.2. The number of rotatable bonds is 5. The van der Waals surface area contributed by atoms with E-state index in [1.54, 1.807) is 0 Å². The van der Waals surface area contributed by atoms with E-state index in [-0.39, 0.29) is 112 Å². The first-order chi connectivity index (χ1) is 5.54. The molecule has 7 N–H and O–H groups in total. The van der Waals surface area contributed by atoms with Crippen LogP contribution in [0.4, 0.5) is 0 Å². The quantitative estimate of drug-likeness (QED) is 0.168. The van der Waals surface area contributed by atoms with Gasteiger partial charge in [0.1, 0.15) is 6.04 Å². The van der Waals surface area contributed by atoms with Crippen LogP contribution in [-0.2, 0) is 4.79 Å². The molecule has 0 aromatic carbocycles. The number of carboxylic acids is 1. The fourth-order valence-electron chi connectivity index (χ4n) is 0.643. The number of nitrogens with two attached hydrogens (primary N) is 3. The van der Waals surface area contributed by atoms with Gasteiger partial charge in [-0.3, -0.25) is 9.79 Å². The van der Waals surface area contributed by atoms with Gasteiger partial charge in [0.25, 0.3) is 0 Å². The Balaban J connectivity index is -0.000000101. The average molecular weight is 254 g/mol. The van der Waals surface area contributed by atoms with Crippen LogP contribution >= 0.6 is 0 Å². The summed E-state index contributed by atoms with van der Waals surface area (Å²) in [5.74, 6) is -0.987. The standard InChI is InChI=1S/C6H14N4O2.2K.2H/c7-4(5(11)12)2-1-3-10-6(8)9;;;;/h4H,1-3,7H2,(H,11,12)(H4,8,9,10);;;;/q;2*+1;2*-1/t4-;;;;/m0..../s1. The molecular weight excluding hydrogens is 238 g/mol. The minimum absolute atomic E-state index is 0. The van der Waals surface area contributed by atoms with Crippen LogP contribution in [0.3, 0.4) is 0 Å². The van der Waals surface area contributed by atoms with Gasteiger partial charge >= 0.3 is 109 Å². The number of guanidine groups is 1. The first-order valence-electron chi connectivity index (χ1n) is 3.58. The second-order valence-electron chi connectivity index (χ2n) is 2.39. The second-order valence-corrected chi connectivity index (χ2v) is 2.39. The molecule has 0 rings (SSSR count). The van der Waals surface area contributed by atoms with Crippen LogP contribution in [0.25, 0.3) is 0 Å². The predicted octanol–water partition coefficient (Wildman–Crippen LogP) is -7.32. The molecule has 0 fully saturated rings. The monoisotopic (exact) mass is 254 g/mol. The topological polar surface area (TPSA) is 128 Å². The molecule has 6 nitrogen and oxygen atoms in total. The molecule has 8 heteroatoms. The molecule has 0 spiro atoms. The van der Waals surface area contributed by atoms with E-state index in [9.17, 15) is 4.79 Å². The van der Waals surface area contributed by atoms with Crippen molar-refractivity contribution in [3.05, 3.63) is 0 Å². The second kappa shape index (κ2) is 13.0. The van der Waals surface area contributed by atoms with E-state index in [0.29, 0.717) is 19.4 Å². The van der Waals surface area contributed by atoms with Crippen molar-refractivity contribution in [2.24, 2.45) is 22.2 Å². The third-order valence-corrected chi connectivity index (χ3v) is 1.28. The molecule has 1 atom stereocenters. The van der Waals surface area contributed by atoms with Gasteiger partial charge in [-0.1, -0.05) is 0 Å². The maximum absolute atomic E-state index is 10.2. The van der Waals surface area contributed by atoms with Crippen LogP contribution in [0.1, 0.15) is 15.7 Å². The Bertz CT molecular complexity index is 193. The SMILES string of the molecule is NC(N)=NCCC[C@H](N)C(=O)O.[H-].[H-].[K+].[K+]. The predicted molar refractivity (Wildman–Crippen MR) is 47.7 cm³/mol. The Hall–Kier alpha value is 1.97. The maximum Gasteiger partial charge on any atom is 1.00 e. The third-order valence-electron chi connectivity index (χ3n) is 1.28. The molecule has 0 bridgehead atoms. The summed E-state index contributed by atoms with van der Waals surface area (Å²) in [6.45, 7) is 0.420. The smallest absolute Gasteiger partial charge is 1.00 e. The van der Waals surface area contributed by atoms with Crippen LogP contribution < -0.4 is 120 Å². The summed E-state index contributed by atoms with van der Waals surface area (Å²) >= 11 is 0. The van der Waals surface area contributed by atoms with E-state index >= 15 is 0 Å². The van der Waals surface area contributed by atoms with E-state index in [1.807, 2.05) is 0 Å². The van der Waals surface area contributed by atoms with E-state index < -0.39 is 12.0 Å². The summed E-state index contributed by atoms with van der Waals surface area (Å²) in [5, 5.41) is 8.38. The Morgan fingerprint density at radius 3 is 2.29 bits per heavy atom. The van der Waals surface area contributed by atoms with Crippen LogP contribution in [0, 0.1) is 0 Å². The molecule has 0 aromatic rings. The van der Waals surface area contributed by atoms with Crippen molar-refractivity contribution in [1.29, 1.82) is 0 Å². The molecular formula is C6H16K2N4O2. The van der Waals surface area contributed by atoms with Gasteiger partial charge in [-0.2, -0.15) is 0 Å². The van der Waals surface area contributed by atoms with Crippen molar-refractivity contribution in [2.45, 2.75) is 18.9 Å². The van der Waals surface area contributed by atoms with Gasteiger partial charge in [-0.05, 0) is 12.8 Å². The summed E-state index contributed by atoms with van der Waals surface area (Å²) in [6, 6.07) is -0.820. The van der Waals surface area contributed by atoms with Crippen molar-refractivity contribution in [2.75, 3.05) is 6.54 Å². The molecule has 14 heavy (non-hydrogen) atoms. The van der Waals surface area contributed by atoms with Crippen molar-refractivity contribution in [3.8, 4) is 0 Å². The van der Waals surface area contributed by atoms with Gasteiger partial charge in [0, 0.05) is 6.54 Å².